The van der Waals surface area contributed by atoms with Gasteiger partial charge in [0.05, 0.1) is 28.5 Å². The summed E-state index contributed by atoms with van der Waals surface area (Å²) in [6, 6.07) is 22.8. The Morgan fingerprint density at radius 2 is 1.55 bits per heavy atom. The molecule has 1 aliphatic carbocycles. The molecule has 4 aromatic rings. The van der Waals surface area contributed by atoms with Crippen molar-refractivity contribution in [1.82, 2.24) is 30.0 Å². The lowest BCUT2D eigenvalue weighted by Crippen LogP contribution is -2.54. The topological polar surface area (TPSA) is 155 Å². The Kier molecular flexibility index (Phi) is 12.0. The summed E-state index contributed by atoms with van der Waals surface area (Å²) in [6.45, 7) is 13.6. The molecule has 10 rings (SSSR count). The Morgan fingerprint density at radius 3 is 2.26 bits per heavy atom. The molecular formula is C51H56ClN9O5. The average molecular weight is 911 g/mol. The predicted molar refractivity (Wildman–Crippen MR) is 249 cm³/mol. The summed E-state index contributed by atoms with van der Waals surface area (Å²) in [4.78, 5) is 71.3. The van der Waals surface area contributed by atoms with Crippen molar-refractivity contribution in [3.8, 4) is 11.8 Å². The summed E-state index contributed by atoms with van der Waals surface area (Å²) >= 11 is 6.32. The van der Waals surface area contributed by atoms with E-state index >= 15 is 0 Å². The summed E-state index contributed by atoms with van der Waals surface area (Å²) in [7, 11) is 0. The highest BCUT2D eigenvalue weighted by Gasteiger charge is 2.46. The Morgan fingerprint density at radius 1 is 0.818 bits per heavy atom. The number of hydrogen-bond acceptors (Lipinski definition) is 12. The standard InChI is InChI=1S/C51H56ClN9O5/c1-51(2,37-21-33(27-53)22-38(52)25-37)36-3-6-42(7-4-36)66-31-39-11-14-54-50(55-39)60-29-34-23-41(24-35(34)30-60)58-15-12-32(13-16-58)28-57-17-19-59(20-18-57)40-5-8-43-44(26-40)49(65)61(48(43)64)45-9-10-46(62)56-47(45)63/h3-8,11,14,21-22,25-26,32,34-35,41,45H,9-10,12-13,15-20,23-24,28-31H2,1-2H3,(H,56,62,63). The summed E-state index contributed by atoms with van der Waals surface area (Å²) < 4.78 is 6.19. The van der Waals surface area contributed by atoms with Gasteiger partial charge < -0.3 is 19.4 Å². The number of rotatable bonds is 11. The van der Waals surface area contributed by atoms with E-state index in [9.17, 15) is 24.4 Å². The van der Waals surface area contributed by atoms with Gasteiger partial charge in [0.15, 0.2) is 0 Å². The second-order valence-corrected chi connectivity index (χ2v) is 20.1. The molecule has 6 aliphatic rings. The lowest BCUT2D eigenvalue weighted by atomic mass is 9.78. The number of piperidine rings is 2. The number of hydrogen-bond donors (Lipinski definition) is 1. The number of carbonyl (C=O) groups excluding carboxylic acids is 4. The van der Waals surface area contributed by atoms with Crippen LogP contribution in [0, 0.1) is 29.1 Å². The third kappa shape index (κ3) is 8.76. The fraction of sp³-hybridized carbons (Fsp3) is 0.471. The van der Waals surface area contributed by atoms with E-state index in [2.05, 4.69) is 61.9 Å². The van der Waals surface area contributed by atoms with Crippen LogP contribution in [-0.2, 0) is 21.6 Å². The largest absolute Gasteiger partial charge is 0.487 e. The highest BCUT2D eigenvalue weighted by atomic mass is 35.5. The van der Waals surface area contributed by atoms with Crippen molar-refractivity contribution in [3.05, 3.63) is 111 Å². The molecule has 342 valence electrons. The third-order valence-corrected chi connectivity index (χ3v) is 15.5. The van der Waals surface area contributed by atoms with Gasteiger partial charge in [0.1, 0.15) is 18.4 Å². The molecule has 0 spiro atoms. The molecule has 4 saturated heterocycles. The van der Waals surface area contributed by atoms with E-state index in [1.807, 2.05) is 42.6 Å². The van der Waals surface area contributed by atoms with Crippen molar-refractivity contribution < 1.29 is 23.9 Å². The van der Waals surface area contributed by atoms with Crippen molar-refractivity contribution in [2.75, 3.05) is 68.7 Å². The minimum absolute atomic E-state index is 0.103. The van der Waals surface area contributed by atoms with E-state index in [-0.39, 0.29) is 24.2 Å². The van der Waals surface area contributed by atoms with Crippen molar-refractivity contribution in [1.29, 1.82) is 5.26 Å². The number of nitrogens with zero attached hydrogens (tertiary/aromatic N) is 8. The minimum Gasteiger partial charge on any atom is -0.487 e. The van der Waals surface area contributed by atoms with Gasteiger partial charge in [0.2, 0.25) is 17.8 Å². The highest BCUT2D eigenvalue weighted by Crippen LogP contribution is 2.42. The van der Waals surface area contributed by atoms with Crippen LogP contribution >= 0.6 is 11.6 Å². The fourth-order valence-electron chi connectivity index (χ4n) is 11.4. The number of aromatic nitrogens is 2. The van der Waals surface area contributed by atoms with Crippen molar-refractivity contribution in [2.45, 2.75) is 76.5 Å². The van der Waals surface area contributed by atoms with Gasteiger partial charge in [-0.3, -0.25) is 34.3 Å². The molecule has 15 heteroatoms. The number of nitrogens with one attached hydrogen (secondary N) is 1. The quantitative estimate of drug-likeness (QED) is 0.174. The molecule has 3 aromatic carbocycles. The number of ether oxygens (including phenoxy) is 1. The Labute approximate surface area is 390 Å². The molecule has 1 aromatic heterocycles. The normalized spacial score (nSPS) is 24.1. The zero-order valence-corrected chi connectivity index (χ0v) is 38.4. The van der Waals surface area contributed by atoms with Gasteiger partial charge in [-0.2, -0.15) is 5.26 Å². The van der Waals surface area contributed by atoms with Gasteiger partial charge in [0, 0.05) is 80.6 Å². The highest BCUT2D eigenvalue weighted by molar-refractivity contribution is 6.30. The number of carbonyl (C=O) groups is 4. The maximum atomic E-state index is 13.4. The Balaban J connectivity index is 0.652. The summed E-state index contributed by atoms with van der Waals surface area (Å²) in [6.07, 6.45) is 7.01. The first kappa shape index (κ1) is 44.0. The Bertz CT molecular complexity index is 2570. The zero-order valence-electron chi connectivity index (χ0n) is 37.6. The van der Waals surface area contributed by atoms with Crippen LogP contribution in [0.2, 0.25) is 5.02 Å². The molecule has 0 bridgehead atoms. The van der Waals surface area contributed by atoms with Gasteiger partial charge in [0.25, 0.3) is 11.8 Å². The van der Waals surface area contributed by atoms with Crippen LogP contribution < -0.4 is 19.9 Å². The number of benzene rings is 3. The molecule has 3 unspecified atom stereocenters. The average Bonchev–Trinajstić information content (AvgIpc) is 3.99. The molecule has 66 heavy (non-hydrogen) atoms. The second kappa shape index (κ2) is 18.1. The van der Waals surface area contributed by atoms with Crippen LogP contribution in [0.25, 0.3) is 0 Å². The second-order valence-electron chi connectivity index (χ2n) is 19.6. The lowest BCUT2D eigenvalue weighted by molar-refractivity contribution is -0.136. The minimum atomic E-state index is -0.960. The van der Waals surface area contributed by atoms with Crippen LogP contribution in [0.1, 0.15) is 95.5 Å². The summed E-state index contributed by atoms with van der Waals surface area (Å²) in [5.74, 6) is 1.63. The molecule has 5 aliphatic heterocycles. The van der Waals surface area contributed by atoms with Crippen LogP contribution in [0.15, 0.2) is 72.9 Å². The van der Waals surface area contributed by atoms with Crippen LogP contribution in [0.3, 0.4) is 0 Å². The molecule has 5 fully saturated rings. The van der Waals surface area contributed by atoms with E-state index in [4.69, 9.17) is 21.3 Å². The number of fused-ring (bicyclic) bond motifs is 2. The number of piperazine rings is 1. The van der Waals surface area contributed by atoms with Gasteiger partial charge in [-0.15, -0.1) is 0 Å². The smallest absolute Gasteiger partial charge is 0.262 e. The number of anilines is 2. The molecule has 14 nitrogen and oxygen atoms in total. The summed E-state index contributed by atoms with van der Waals surface area (Å²) in [5, 5.41) is 12.3. The molecule has 1 saturated carbocycles. The molecule has 6 heterocycles. The zero-order chi connectivity index (χ0) is 45.7. The van der Waals surface area contributed by atoms with Crippen LogP contribution in [0.4, 0.5) is 11.6 Å². The van der Waals surface area contributed by atoms with E-state index in [1.54, 1.807) is 18.2 Å². The van der Waals surface area contributed by atoms with E-state index in [1.165, 1.54) is 25.7 Å². The Hall–Kier alpha value is -5.88. The molecule has 1 N–H and O–H groups in total. The maximum absolute atomic E-state index is 13.4. The van der Waals surface area contributed by atoms with Crippen molar-refractivity contribution in [3.63, 3.8) is 0 Å². The monoisotopic (exact) mass is 909 g/mol. The van der Waals surface area contributed by atoms with Crippen LogP contribution in [-0.4, -0.2) is 119 Å². The molecule has 3 atom stereocenters. The molecular weight excluding hydrogens is 854 g/mol. The van der Waals surface area contributed by atoms with Crippen LogP contribution in [0.5, 0.6) is 5.75 Å². The number of imide groups is 2. The van der Waals surface area contributed by atoms with Gasteiger partial charge in [-0.1, -0.05) is 37.6 Å². The number of halogens is 1. The number of likely N-dealkylation sites (tertiary alicyclic amines) is 1. The fourth-order valence-corrected chi connectivity index (χ4v) is 11.6. The first-order chi connectivity index (χ1) is 31.9. The van der Waals surface area contributed by atoms with Gasteiger partial charge in [-0.25, -0.2) is 9.97 Å². The predicted octanol–water partition coefficient (Wildman–Crippen LogP) is 6.06. The lowest BCUT2D eigenvalue weighted by Gasteiger charge is -2.41. The SMILES string of the molecule is CC(C)(c1ccc(OCc2ccnc(N3CC4CC(N5CCC(CN6CCN(c7ccc8c(c7)C(=O)N(C7CCC(=O)NC7=O)C8=O)CC6)CC5)CC4C3)n2)cc1)c1cc(Cl)cc(C#N)c1. The van der Waals surface area contributed by atoms with E-state index < -0.39 is 23.8 Å². The maximum Gasteiger partial charge on any atom is 0.262 e. The number of amides is 4. The van der Waals surface area contributed by atoms with E-state index in [0.29, 0.717) is 52.1 Å². The first-order valence-electron chi connectivity index (χ1n) is 23.5. The summed E-state index contributed by atoms with van der Waals surface area (Å²) in [5.41, 5.74) is 4.69. The number of nitriles is 1. The van der Waals surface area contributed by atoms with Gasteiger partial charge in [-0.05, 0) is 129 Å². The first-order valence-corrected chi connectivity index (χ1v) is 23.9. The molecule has 0 radical (unpaired) electrons. The van der Waals surface area contributed by atoms with Gasteiger partial charge >= 0.3 is 0 Å². The molecule has 4 amide bonds. The van der Waals surface area contributed by atoms with Crippen molar-refractivity contribution >= 4 is 46.9 Å². The van der Waals surface area contributed by atoms with E-state index in [0.717, 1.165) is 98.0 Å². The third-order valence-electron chi connectivity index (χ3n) is 15.3. The van der Waals surface area contributed by atoms with Crippen molar-refractivity contribution in [2.24, 2.45) is 17.8 Å².